The number of hydrogen-bond acceptors (Lipinski definition) is 3. The Labute approximate surface area is 99.9 Å². The predicted octanol–water partition coefficient (Wildman–Crippen LogP) is 1.98. The quantitative estimate of drug-likeness (QED) is 0.780. The second-order valence-corrected chi connectivity index (χ2v) is 7.64. The van der Waals surface area contributed by atoms with Crippen molar-refractivity contribution in [2.24, 2.45) is 5.92 Å². The van der Waals surface area contributed by atoms with Crippen LogP contribution in [-0.4, -0.2) is 32.0 Å². The Balaban J connectivity index is 2.45. The molecule has 0 heterocycles. The highest BCUT2D eigenvalue weighted by molar-refractivity contribution is 7.92. The van der Waals surface area contributed by atoms with Crippen LogP contribution in [0.3, 0.4) is 0 Å². The summed E-state index contributed by atoms with van der Waals surface area (Å²) in [5.74, 6) is 0.842. The summed E-state index contributed by atoms with van der Waals surface area (Å²) in [4.78, 5) is 0. The van der Waals surface area contributed by atoms with Crippen molar-refractivity contribution in [2.45, 2.75) is 57.7 Å². The van der Waals surface area contributed by atoms with Gasteiger partial charge in [0.15, 0.2) is 9.84 Å². The zero-order chi connectivity index (χ0) is 12.2. The summed E-state index contributed by atoms with van der Waals surface area (Å²) < 4.78 is 24.1. The van der Waals surface area contributed by atoms with E-state index < -0.39 is 9.84 Å². The predicted molar refractivity (Wildman–Crippen MR) is 68.3 cm³/mol. The van der Waals surface area contributed by atoms with E-state index in [9.17, 15) is 8.42 Å². The average molecular weight is 247 g/mol. The van der Waals surface area contributed by atoms with E-state index in [1.165, 1.54) is 0 Å². The van der Waals surface area contributed by atoms with Crippen LogP contribution in [0.1, 0.15) is 46.5 Å². The molecule has 0 aromatic heterocycles. The fourth-order valence-electron chi connectivity index (χ4n) is 2.31. The van der Waals surface area contributed by atoms with E-state index in [-0.39, 0.29) is 5.25 Å². The maximum Gasteiger partial charge on any atom is 0.153 e. The molecule has 0 aromatic carbocycles. The summed E-state index contributed by atoms with van der Waals surface area (Å²) in [6, 6.07) is 0.420. The topological polar surface area (TPSA) is 46.2 Å². The van der Waals surface area contributed by atoms with Crippen molar-refractivity contribution in [1.82, 2.24) is 5.32 Å². The molecule has 2 atom stereocenters. The normalized spacial score (nSPS) is 26.5. The van der Waals surface area contributed by atoms with Gasteiger partial charge >= 0.3 is 0 Å². The second kappa shape index (κ2) is 6.01. The van der Waals surface area contributed by atoms with E-state index in [1.807, 2.05) is 0 Å². The first-order valence-electron chi connectivity index (χ1n) is 6.40. The molecule has 4 heteroatoms. The number of rotatable bonds is 6. The van der Waals surface area contributed by atoms with Crippen LogP contribution in [0.5, 0.6) is 0 Å². The van der Waals surface area contributed by atoms with Gasteiger partial charge in [-0.25, -0.2) is 8.42 Å². The molecule has 0 saturated heterocycles. The molecule has 0 aromatic rings. The van der Waals surface area contributed by atoms with Crippen molar-refractivity contribution in [3.63, 3.8) is 0 Å². The molecule has 0 aliphatic heterocycles. The molecule has 0 bridgehead atoms. The third-order valence-electron chi connectivity index (χ3n) is 3.36. The minimum Gasteiger partial charge on any atom is -0.314 e. The van der Waals surface area contributed by atoms with Gasteiger partial charge in [0, 0.05) is 6.04 Å². The van der Waals surface area contributed by atoms with Crippen molar-refractivity contribution in [2.75, 3.05) is 12.3 Å². The van der Waals surface area contributed by atoms with Crippen LogP contribution in [-0.2, 0) is 9.84 Å². The van der Waals surface area contributed by atoms with Gasteiger partial charge in [-0.2, -0.15) is 0 Å². The summed E-state index contributed by atoms with van der Waals surface area (Å²) >= 11 is 0. The third-order valence-corrected chi connectivity index (χ3v) is 5.61. The lowest BCUT2D eigenvalue weighted by Gasteiger charge is -2.13. The number of nitrogens with one attached hydrogen (secondary N) is 1. The molecular formula is C12H25NO2S. The summed E-state index contributed by atoms with van der Waals surface area (Å²) in [6.07, 6.45) is 3.47. The lowest BCUT2D eigenvalue weighted by molar-refractivity contribution is 0.534. The van der Waals surface area contributed by atoms with Gasteiger partial charge < -0.3 is 5.32 Å². The molecule has 3 nitrogen and oxygen atoms in total. The molecular weight excluding hydrogens is 222 g/mol. The fraction of sp³-hybridized carbons (Fsp3) is 1.00. The smallest absolute Gasteiger partial charge is 0.153 e. The first-order chi connectivity index (χ1) is 7.45. The lowest BCUT2D eigenvalue weighted by Crippen LogP contribution is -2.29. The van der Waals surface area contributed by atoms with Crippen LogP contribution in [0, 0.1) is 5.92 Å². The van der Waals surface area contributed by atoms with E-state index >= 15 is 0 Å². The third kappa shape index (κ3) is 4.06. The van der Waals surface area contributed by atoms with Gasteiger partial charge in [0.25, 0.3) is 0 Å². The maximum absolute atomic E-state index is 12.1. The largest absolute Gasteiger partial charge is 0.314 e. The maximum atomic E-state index is 12.1. The monoisotopic (exact) mass is 247 g/mol. The molecule has 1 fully saturated rings. The summed E-state index contributed by atoms with van der Waals surface area (Å²) in [5, 5.41) is 3.26. The van der Waals surface area contributed by atoms with E-state index in [4.69, 9.17) is 0 Å². The van der Waals surface area contributed by atoms with E-state index in [1.54, 1.807) is 0 Å². The molecule has 0 amide bonds. The molecule has 1 N–H and O–H groups in total. The Kier molecular flexibility index (Phi) is 5.25. The highest BCUT2D eigenvalue weighted by Gasteiger charge is 2.33. The van der Waals surface area contributed by atoms with Crippen LogP contribution in [0.2, 0.25) is 0 Å². The molecule has 1 aliphatic carbocycles. The Morgan fingerprint density at radius 2 is 2.00 bits per heavy atom. The number of hydrogen-bond donors (Lipinski definition) is 1. The molecule has 1 saturated carbocycles. The van der Waals surface area contributed by atoms with Gasteiger partial charge in [-0.05, 0) is 38.1 Å². The Hall–Kier alpha value is -0.0900. The van der Waals surface area contributed by atoms with Gasteiger partial charge in [0.05, 0.1) is 11.0 Å². The highest BCUT2D eigenvalue weighted by atomic mass is 32.2. The van der Waals surface area contributed by atoms with Crippen LogP contribution < -0.4 is 5.32 Å². The standard InChI is InChI=1S/C12H25NO2S/c1-4-13-11-5-6-12(9-11)16(14,15)8-7-10(2)3/h10-13H,4-9H2,1-3H3. The summed E-state index contributed by atoms with van der Waals surface area (Å²) in [7, 11) is -2.85. The Bertz CT molecular complexity index is 298. The van der Waals surface area contributed by atoms with Crippen molar-refractivity contribution in [3.8, 4) is 0 Å². The van der Waals surface area contributed by atoms with E-state index in [0.717, 1.165) is 32.2 Å². The van der Waals surface area contributed by atoms with Crippen LogP contribution in [0.25, 0.3) is 0 Å². The van der Waals surface area contributed by atoms with Crippen molar-refractivity contribution in [1.29, 1.82) is 0 Å². The molecule has 1 aliphatic rings. The van der Waals surface area contributed by atoms with Crippen LogP contribution in [0.15, 0.2) is 0 Å². The van der Waals surface area contributed by atoms with Gasteiger partial charge in [-0.15, -0.1) is 0 Å². The first-order valence-corrected chi connectivity index (χ1v) is 8.12. The minimum absolute atomic E-state index is 0.0877. The van der Waals surface area contributed by atoms with Crippen LogP contribution in [0.4, 0.5) is 0 Å². The molecule has 0 spiro atoms. The number of sulfone groups is 1. The zero-order valence-corrected chi connectivity index (χ0v) is 11.5. The molecule has 16 heavy (non-hydrogen) atoms. The van der Waals surface area contributed by atoms with Gasteiger partial charge in [-0.1, -0.05) is 20.8 Å². The first kappa shape index (κ1) is 14.0. The van der Waals surface area contributed by atoms with Gasteiger partial charge in [0.1, 0.15) is 0 Å². The molecule has 96 valence electrons. The zero-order valence-electron chi connectivity index (χ0n) is 10.7. The summed E-state index contributed by atoms with van der Waals surface area (Å²) in [6.45, 7) is 7.15. The van der Waals surface area contributed by atoms with E-state index in [0.29, 0.717) is 17.7 Å². The van der Waals surface area contributed by atoms with Crippen molar-refractivity contribution in [3.05, 3.63) is 0 Å². The average Bonchev–Trinajstić information content (AvgIpc) is 2.65. The molecule has 1 rings (SSSR count). The molecule has 0 radical (unpaired) electrons. The Morgan fingerprint density at radius 3 is 2.56 bits per heavy atom. The highest BCUT2D eigenvalue weighted by Crippen LogP contribution is 2.26. The molecule has 2 unspecified atom stereocenters. The lowest BCUT2D eigenvalue weighted by atomic mass is 10.2. The minimum atomic E-state index is -2.85. The van der Waals surface area contributed by atoms with Crippen molar-refractivity contribution < 1.29 is 8.42 Å². The second-order valence-electron chi connectivity index (χ2n) is 5.24. The fourth-order valence-corrected chi connectivity index (χ4v) is 4.46. The van der Waals surface area contributed by atoms with E-state index in [2.05, 4.69) is 26.1 Å². The van der Waals surface area contributed by atoms with Gasteiger partial charge in [0.2, 0.25) is 0 Å². The Morgan fingerprint density at radius 1 is 1.31 bits per heavy atom. The van der Waals surface area contributed by atoms with Crippen LogP contribution >= 0.6 is 0 Å². The summed E-state index contributed by atoms with van der Waals surface area (Å²) in [5.41, 5.74) is 0. The van der Waals surface area contributed by atoms with Gasteiger partial charge in [-0.3, -0.25) is 0 Å². The SMILES string of the molecule is CCNC1CCC(S(=O)(=O)CCC(C)C)C1. The van der Waals surface area contributed by atoms with Crippen molar-refractivity contribution >= 4 is 9.84 Å².